The number of aliphatic carboxylic acids is 1. The van der Waals surface area contributed by atoms with Crippen molar-refractivity contribution in [1.82, 2.24) is 9.80 Å². The number of likely N-dealkylation sites (N-methyl/N-ethyl adjacent to an activating group) is 1. The van der Waals surface area contributed by atoms with Gasteiger partial charge in [-0.1, -0.05) is 48.5 Å². The largest absolute Gasteiger partial charge is 0.480 e. The molecular weight excluding hydrogens is 336 g/mol. The number of carboxylic acid groups (broad SMARTS) is 1. The van der Waals surface area contributed by atoms with Gasteiger partial charge < -0.3 is 5.11 Å². The molecule has 1 aliphatic heterocycles. The van der Waals surface area contributed by atoms with Crippen LogP contribution in [0.4, 0.5) is 0 Å². The number of carbonyl (C=O) groups is 1. The SMILES string of the molecule is Cc1ccccc1-c1ccccc1CN1CCCC(N(C)CC(=O)O)CC1. The molecule has 1 atom stereocenters. The summed E-state index contributed by atoms with van der Waals surface area (Å²) in [6.45, 7) is 5.32. The van der Waals surface area contributed by atoms with Crippen LogP contribution in [0.25, 0.3) is 11.1 Å². The molecule has 1 heterocycles. The highest BCUT2D eigenvalue weighted by Crippen LogP contribution is 2.28. The molecule has 0 bridgehead atoms. The Balaban J connectivity index is 1.70. The molecule has 2 aromatic rings. The van der Waals surface area contributed by atoms with E-state index in [1.807, 2.05) is 11.9 Å². The van der Waals surface area contributed by atoms with Crippen molar-refractivity contribution >= 4 is 5.97 Å². The van der Waals surface area contributed by atoms with Gasteiger partial charge in [-0.15, -0.1) is 0 Å². The molecule has 0 spiro atoms. The minimum absolute atomic E-state index is 0.126. The number of carboxylic acids is 1. The summed E-state index contributed by atoms with van der Waals surface area (Å²) in [7, 11) is 1.93. The summed E-state index contributed by atoms with van der Waals surface area (Å²) in [6.07, 6.45) is 3.21. The minimum atomic E-state index is -0.745. The Morgan fingerprint density at radius 2 is 1.78 bits per heavy atom. The summed E-state index contributed by atoms with van der Waals surface area (Å²) in [6, 6.07) is 17.6. The predicted molar refractivity (Wildman–Crippen MR) is 110 cm³/mol. The van der Waals surface area contributed by atoms with Gasteiger partial charge in [0.1, 0.15) is 0 Å². The molecule has 27 heavy (non-hydrogen) atoms. The van der Waals surface area contributed by atoms with Gasteiger partial charge in [-0.3, -0.25) is 14.6 Å². The number of hydrogen-bond donors (Lipinski definition) is 1. The lowest BCUT2D eigenvalue weighted by Gasteiger charge is -2.26. The Hall–Kier alpha value is -2.17. The van der Waals surface area contributed by atoms with Gasteiger partial charge in [0.15, 0.2) is 0 Å². The number of hydrogen-bond acceptors (Lipinski definition) is 3. The Labute approximate surface area is 162 Å². The van der Waals surface area contributed by atoms with Crippen LogP contribution >= 0.6 is 0 Å². The number of benzene rings is 2. The minimum Gasteiger partial charge on any atom is -0.480 e. The standard InChI is InChI=1S/C23H30N2O2/c1-18-8-3-5-11-21(18)22-12-6-4-9-19(22)16-25-14-7-10-20(13-15-25)24(2)17-23(26)27/h3-6,8-9,11-12,20H,7,10,13-17H2,1-2H3,(H,26,27). The molecule has 0 aliphatic carbocycles. The van der Waals surface area contributed by atoms with E-state index in [1.54, 1.807) is 0 Å². The number of aryl methyl sites for hydroxylation is 1. The van der Waals surface area contributed by atoms with Gasteiger partial charge in [-0.25, -0.2) is 0 Å². The van der Waals surface area contributed by atoms with Gasteiger partial charge in [0.2, 0.25) is 0 Å². The molecule has 0 aromatic heterocycles. The van der Waals surface area contributed by atoms with Gasteiger partial charge in [-0.2, -0.15) is 0 Å². The third-order valence-corrected chi connectivity index (χ3v) is 5.64. The van der Waals surface area contributed by atoms with Crippen molar-refractivity contribution in [2.45, 2.75) is 38.8 Å². The van der Waals surface area contributed by atoms with Crippen LogP contribution in [0.15, 0.2) is 48.5 Å². The summed E-state index contributed by atoms with van der Waals surface area (Å²) >= 11 is 0. The summed E-state index contributed by atoms with van der Waals surface area (Å²) in [5, 5.41) is 9.04. The molecular formula is C23H30N2O2. The molecule has 1 fully saturated rings. The lowest BCUT2D eigenvalue weighted by Crippen LogP contribution is -2.36. The van der Waals surface area contributed by atoms with Gasteiger partial charge in [0, 0.05) is 12.6 Å². The Morgan fingerprint density at radius 3 is 2.52 bits per heavy atom. The lowest BCUT2D eigenvalue weighted by atomic mass is 9.96. The molecule has 1 N–H and O–H groups in total. The zero-order valence-corrected chi connectivity index (χ0v) is 16.4. The van der Waals surface area contributed by atoms with Gasteiger partial charge >= 0.3 is 5.97 Å². The third kappa shape index (κ3) is 5.18. The maximum Gasteiger partial charge on any atom is 0.317 e. The molecule has 1 unspecified atom stereocenters. The summed E-state index contributed by atoms with van der Waals surface area (Å²) in [5.41, 5.74) is 5.29. The number of likely N-dealkylation sites (tertiary alicyclic amines) is 1. The highest BCUT2D eigenvalue weighted by Gasteiger charge is 2.22. The lowest BCUT2D eigenvalue weighted by molar-refractivity contribution is -0.138. The van der Waals surface area contributed by atoms with Crippen LogP contribution in [0.1, 0.15) is 30.4 Å². The summed E-state index contributed by atoms with van der Waals surface area (Å²) in [5.74, 6) is -0.745. The van der Waals surface area contributed by atoms with Crippen molar-refractivity contribution in [3.05, 3.63) is 59.7 Å². The third-order valence-electron chi connectivity index (χ3n) is 5.64. The fourth-order valence-corrected chi connectivity index (χ4v) is 4.12. The van der Waals surface area contributed by atoms with Crippen molar-refractivity contribution < 1.29 is 9.90 Å². The first-order chi connectivity index (χ1) is 13.0. The van der Waals surface area contributed by atoms with Crippen molar-refractivity contribution in [2.75, 3.05) is 26.7 Å². The van der Waals surface area contributed by atoms with Crippen molar-refractivity contribution in [2.24, 2.45) is 0 Å². The van der Waals surface area contributed by atoms with Crippen LogP contribution in [-0.2, 0) is 11.3 Å². The van der Waals surface area contributed by atoms with Crippen LogP contribution in [0.5, 0.6) is 0 Å². The summed E-state index contributed by atoms with van der Waals surface area (Å²) < 4.78 is 0. The molecule has 0 radical (unpaired) electrons. The first-order valence-corrected chi connectivity index (χ1v) is 9.83. The second kappa shape index (κ2) is 9.16. The Bertz CT molecular complexity index is 774. The number of rotatable bonds is 6. The second-order valence-electron chi connectivity index (χ2n) is 7.64. The molecule has 0 amide bonds. The average molecular weight is 367 g/mol. The molecule has 3 rings (SSSR count). The van der Waals surface area contributed by atoms with Crippen LogP contribution in [-0.4, -0.2) is 53.6 Å². The predicted octanol–water partition coefficient (Wildman–Crippen LogP) is 4.03. The maximum absolute atomic E-state index is 11.0. The van der Waals surface area contributed by atoms with E-state index in [9.17, 15) is 4.79 Å². The first-order valence-electron chi connectivity index (χ1n) is 9.83. The van der Waals surface area contributed by atoms with Gasteiger partial charge in [0.05, 0.1) is 6.54 Å². The van der Waals surface area contributed by atoms with Crippen LogP contribution in [0.2, 0.25) is 0 Å². The molecule has 1 aliphatic rings. The van der Waals surface area contributed by atoms with E-state index in [4.69, 9.17) is 5.11 Å². The second-order valence-corrected chi connectivity index (χ2v) is 7.64. The molecule has 1 saturated heterocycles. The smallest absolute Gasteiger partial charge is 0.317 e. The normalized spacial score (nSPS) is 18.4. The fourth-order valence-electron chi connectivity index (χ4n) is 4.12. The molecule has 4 nitrogen and oxygen atoms in total. The summed E-state index contributed by atoms with van der Waals surface area (Å²) in [4.78, 5) is 15.5. The maximum atomic E-state index is 11.0. The van der Waals surface area contributed by atoms with Crippen molar-refractivity contribution in [3.8, 4) is 11.1 Å². The number of nitrogens with zero attached hydrogens (tertiary/aromatic N) is 2. The molecule has 2 aromatic carbocycles. The van der Waals surface area contributed by atoms with Gasteiger partial charge in [-0.05, 0) is 68.6 Å². The average Bonchev–Trinajstić information content (AvgIpc) is 2.88. The van der Waals surface area contributed by atoms with E-state index < -0.39 is 5.97 Å². The Kier molecular flexibility index (Phi) is 6.64. The van der Waals surface area contributed by atoms with Crippen LogP contribution < -0.4 is 0 Å². The fraction of sp³-hybridized carbons (Fsp3) is 0.435. The van der Waals surface area contributed by atoms with Gasteiger partial charge in [0.25, 0.3) is 0 Å². The van der Waals surface area contributed by atoms with Crippen LogP contribution in [0, 0.1) is 6.92 Å². The first kappa shape index (κ1) is 19.6. The monoisotopic (exact) mass is 366 g/mol. The van der Waals surface area contributed by atoms with E-state index >= 15 is 0 Å². The topological polar surface area (TPSA) is 43.8 Å². The van der Waals surface area contributed by atoms with Crippen molar-refractivity contribution in [3.63, 3.8) is 0 Å². The molecule has 144 valence electrons. The zero-order chi connectivity index (χ0) is 19.2. The van der Waals surface area contributed by atoms with Crippen molar-refractivity contribution in [1.29, 1.82) is 0 Å². The quantitative estimate of drug-likeness (QED) is 0.838. The van der Waals surface area contributed by atoms with E-state index in [2.05, 4.69) is 60.4 Å². The zero-order valence-electron chi connectivity index (χ0n) is 16.4. The molecule has 0 saturated carbocycles. The van der Waals surface area contributed by atoms with E-state index in [0.717, 1.165) is 38.9 Å². The highest BCUT2D eigenvalue weighted by atomic mass is 16.4. The van der Waals surface area contributed by atoms with E-state index in [-0.39, 0.29) is 6.54 Å². The Morgan fingerprint density at radius 1 is 1.07 bits per heavy atom. The van der Waals surface area contributed by atoms with E-state index in [0.29, 0.717) is 6.04 Å². The molecule has 4 heteroatoms. The van der Waals surface area contributed by atoms with Crippen LogP contribution in [0.3, 0.4) is 0 Å². The highest BCUT2D eigenvalue weighted by molar-refractivity contribution is 5.70. The van der Waals surface area contributed by atoms with E-state index in [1.165, 1.54) is 22.3 Å².